The van der Waals surface area contributed by atoms with Crippen LogP contribution in [0.15, 0.2) is 0 Å². The zero-order chi connectivity index (χ0) is 8.97. The van der Waals surface area contributed by atoms with Crippen LogP contribution in [0.25, 0.3) is 0 Å². The molecule has 0 aliphatic carbocycles. The molecule has 0 fully saturated rings. The fourth-order valence-corrected chi connectivity index (χ4v) is 1.42. The molecule has 12 heavy (non-hydrogen) atoms. The molecule has 1 aromatic heterocycles. The van der Waals surface area contributed by atoms with Crippen molar-refractivity contribution in [3.8, 4) is 0 Å². The van der Waals surface area contributed by atoms with Crippen LogP contribution in [-0.4, -0.2) is 27.9 Å². The number of carboxylic acids is 1. The maximum absolute atomic E-state index is 10.0. The highest BCUT2D eigenvalue weighted by molar-refractivity contribution is 7.73. The first-order chi connectivity index (χ1) is 5.68. The number of hydrogen-bond donors (Lipinski definition) is 2. The molecule has 0 bridgehead atoms. The van der Waals surface area contributed by atoms with Crippen LogP contribution in [-0.2, 0) is 16.1 Å². The summed E-state index contributed by atoms with van der Waals surface area (Å²) in [6.45, 7) is -0.129. The van der Waals surface area contributed by atoms with Crippen molar-refractivity contribution in [2.24, 2.45) is 0 Å². The van der Waals surface area contributed by atoms with Gasteiger partial charge in [-0.05, 0) is 12.2 Å². The summed E-state index contributed by atoms with van der Waals surface area (Å²) in [5.41, 5.74) is 0. The molecule has 0 amide bonds. The van der Waals surface area contributed by atoms with Gasteiger partial charge in [0.25, 0.3) is 0 Å². The number of hydrogen-bond acceptors (Lipinski definition) is 5. The number of nitrogens with one attached hydrogen (secondary N) is 1. The number of rotatable bonds is 4. The molecule has 0 atom stereocenters. The molecule has 7 heteroatoms. The van der Waals surface area contributed by atoms with E-state index in [4.69, 9.17) is 22.1 Å². The minimum atomic E-state index is -0.992. The number of aromatic amines is 1. The van der Waals surface area contributed by atoms with E-state index < -0.39 is 5.97 Å². The van der Waals surface area contributed by atoms with E-state index in [0.717, 1.165) is 0 Å². The lowest BCUT2D eigenvalue weighted by Crippen LogP contribution is -2.06. The number of carbonyl (C=O) groups is 1. The van der Waals surface area contributed by atoms with Gasteiger partial charge in [0.2, 0.25) is 0 Å². The molecular formula is C5H6N2O3S2. The number of nitrogens with zero attached hydrogens (tertiary/aromatic N) is 1. The molecule has 1 aromatic rings. The fraction of sp³-hybridized carbons (Fsp3) is 0.400. The maximum Gasteiger partial charge on any atom is 0.329 e. The molecule has 5 nitrogen and oxygen atoms in total. The van der Waals surface area contributed by atoms with E-state index in [0.29, 0.717) is 8.96 Å². The Morgan fingerprint density at radius 3 is 3.08 bits per heavy atom. The molecule has 2 N–H and O–H groups in total. The van der Waals surface area contributed by atoms with Crippen LogP contribution in [0.5, 0.6) is 0 Å². The summed E-state index contributed by atoms with van der Waals surface area (Å²) >= 11 is 6.03. The predicted molar refractivity (Wildman–Crippen MR) is 44.6 cm³/mol. The van der Waals surface area contributed by atoms with Gasteiger partial charge in [0.1, 0.15) is 18.2 Å². The van der Waals surface area contributed by atoms with Gasteiger partial charge in [-0.1, -0.05) is 11.3 Å². The van der Waals surface area contributed by atoms with Crippen LogP contribution in [0, 0.1) is 3.95 Å². The van der Waals surface area contributed by atoms with Crippen molar-refractivity contribution in [3.05, 3.63) is 8.96 Å². The number of aliphatic carboxylic acids is 1. The van der Waals surface area contributed by atoms with E-state index in [-0.39, 0.29) is 13.2 Å². The van der Waals surface area contributed by atoms with Crippen LogP contribution < -0.4 is 0 Å². The van der Waals surface area contributed by atoms with E-state index in [1.807, 2.05) is 0 Å². The Bertz CT molecular complexity index is 318. The zero-order valence-electron chi connectivity index (χ0n) is 5.94. The highest BCUT2D eigenvalue weighted by atomic mass is 32.1. The van der Waals surface area contributed by atoms with Gasteiger partial charge in [0, 0.05) is 0 Å². The Kier molecular flexibility index (Phi) is 3.32. The number of ether oxygens (including phenoxy) is 1. The first kappa shape index (κ1) is 9.30. The van der Waals surface area contributed by atoms with Crippen molar-refractivity contribution in [2.75, 3.05) is 6.61 Å². The van der Waals surface area contributed by atoms with Crippen molar-refractivity contribution in [2.45, 2.75) is 6.61 Å². The van der Waals surface area contributed by atoms with Crippen molar-refractivity contribution in [1.29, 1.82) is 0 Å². The Hall–Kier alpha value is -0.790. The van der Waals surface area contributed by atoms with Crippen molar-refractivity contribution >= 4 is 29.5 Å². The Morgan fingerprint density at radius 1 is 1.83 bits per heavy atom. The summed E-state index contributed by atoms with van der Waals surface area (Å²) in [6.07, 6.45) is 0. The Balaban J connectivity index is 2.33. The minimum Gasteiger partial charge on any atom is -0.480 e. The van der Waals surface area contributed by atoms with Gasteiger partial charge in [-0.25, -0.2) is 4.79 Å². The van der Waals surface area contributed by atoms with Gasteiger partial charge in [0.15, 0.2) is 3.95 Å². The van der Waals surface area contributed by atoms with Crippen molar-refractivity contribution in [3.63, 3.8) is 0 Å². The van der Waals surface area contributed by atoms with Gasteiger partial charge < -0.3 is 9.84 Å². The van der Waals surface area contributed by atoms with E-state index >= 15 is 0 Å². The average Bonchev–Trinajstić information content (AvgIpc) is 2.35. The molecule has 0 saturated carbocycles. The summed E-state index contributed by atoms with van der Waals surface area (Å²) in [5, 5.41) is 15.2. The van der Waals surface area contributed by atoms with Gasteiger partial charge in [-0.15, -0.1) is 0 Å². The molecule has 0 spiro atoms. The monoisotopic (exact) mass is 206 g/mol. The van der Waals surface area contributed by atoms with Crippen molar-refractivity contribution in [1.82, 2.24) is 10.2 Å². The summed E-state index contributed by atoms with van der Waals surface area (Å²) < 4.78 is 5.34. The second-order valence-electron chi connectivity index (χ2n) is 1.89. The third-order valence-corrected chi connectivity index (χ3v) is 2.00. The largest absolute Gasteiger partial charge is 0.480 e. The number of H-pyrrole nitrogens is 1. The summed E-state index contributed by atoms with van der Waals surface area (Å²) in [6, 6.07) is 0. The molecule has 0 unspecified atom stereocenters. The molecule has 66 valence electrons. The first-order valence-electron chi connectivity index (χ1n) is 3.02. The topological polar surface area (TPSA) is 75.2 Å². The standard InChI is InChI=1S/C5H6N2O3S2/c8-4(9)2-10-1-3-6-7-5(11)12-3/h1-2H2,(H,7,11)(H,8,9). The zero-order valence-corrected chi connectivity index (χ0v) is 7.57. The second kappa shape index (κ2) is 4.29. The average molecular weight is 206 g/mol. The maximum atomic E-state index is 10.0. The number of carboxylic acid groups (broad SMARTS) is 1. The molecule has 1 rings (SSSR count). The van der Waals surface area contributed by atoms with E-state index in [2.05, 4.69) is 10.2 Å². The first-order valence-corrected chi connectivity index (χ1v) is 4.25. The molecule has 0 aromatic carbocycles. The lowest BCUT2D eigenvalue weighted by molar-refractivity contribution is -0.142. The highest BCUT2D eigenvalue weighted by Gasteiger charge is 2.00. The lowest BCUT2D eigenvalue weighted by atomic mass is 10.7. The smallest absolute Gasteiger partial charge is 0.329 e. The minimum absolute atomic E-state index is 0.185. The van der Waals surface area contributed by atoms with Gasteiger partial charge >= 0.3 is 5.97 Å². The molecule has 1 heterocycles. The third-order valence-electron chi connectivity index (χ3n) is 0.933. The van der Waals surface area contributed by atoms with E-state index in [9.17, 15) is 4.79 Å². The van der Waals surface area contributed by atoms with Crippen LogP contribution in [0.4, 0.5) is 0 Å². The van der Waals surface area contributed by atoms with Crippen LogP contribution in [0.2, 0.25) is 0 Å². The van der Waals surface area contributed by atoms with Crippen molar-refractivity contribution < 1.29 is 14.6 Å². The summed E-state index contributed by atoms with van der Waals surface area (Å²) in [5.74, 6) is -0.992. The van der Waals surface area contributed by atoms with Gasteiger partial charge in [0.05, 0.1) is 0 Å². The van der Waals surface area contributed by atoms with Crippen LogP contribution in [0.1, 0.15) is 5.01 Å². The van der Waals surface area contributed by atoms with E-state index in [1.165, 1.54) is 11.3 Å². The molecule has 0 aliphatic rings. The Labute approximate surface area is 77.0 Å². The van der Waals surface area contributed by atoms with Crippen LogP contribution in [0.3, 0.4) is 0 Å². The van der Waals surface area contributed by atoms with Gasteiger partial charge in [-0.2, -0.15) is 5.10 Å². The quantitative estimate of drug-likeness (QED) is 0.713. The lowest BCUT2D eigenvalue weighted by Gasteiger charge is -1.94. The fourth-order valence-electron chi connectivity index (χ4n) is 0.548. The molecular weight excluding hydrogens is 200 g/mol. The summed E-state index contributed by atoms with van der Waals surface area (Å²) in [4.78, 5) is 10.0. The number of aromatic nitrogens is 2. The SMILES string of the molecule is O=C(O)COCc1n[nH]c(=S)s1. The highest BCUT2D eigenvalue weighted by Crippen LogP contribution is 2.05. The van der Waals surface area contributed by atoms with Crippen LogP contribution >= 0.6 is 23.6 Å². The Morgan fingerprint density at radius 2 is 2.58 bits per heavy atom. The normalized spacial score (nSPS) is 10.0. The summed E-state index contributed by atoms with van der Waals surface area (Å²) in [7, 11) is 0. The van der Waals surface area contributed by atoms with Gasteiger partial charge in [-0.3, -0.25) is 5.10 Å². The molecule has 0 saturated heterocycles. The molecule has 0 radical (unpaired) electrons. The third kappa shape index (κ3) is 3.07. The molecule has 0 aliphatic heterocycles. The predicted octanol–water partition coefficient (Wildman–Crippen LogP) is 0.802. The van der Waals surface area contributed by atoms with E-state index in [1.54, 1.807) is 0 Å². The second-order valence-corrected chi connectivity index (χ2v) is 3.64.